The minimum atomic E-state index is -0.126. The summed E-state index contributed by atoms with van der Waals surface area (Å²) in [6, 6.07) is 1.78. The molecule has 1 saturated heterocycles. The van der Waals surface area contributed by atoms with Crippen LogP contribution in [0.2, 0.25) is 5.02 Å². The zero-order chi connectivity index (χ0) is 19.3. The first kappa shape index (κ1) is 17.6. The summed E-state index contributed by atoms with van der Waals surface area (Å²) in [7, 11) is 0. The number of hydrogen-bond donors (Lipinski definition) is 3. The molecule has 9 heteroatoms. The molecule has 2 aliphatic rings. The summed E-state index contributed by atoms with van der Waals surface area (Å²) in [6.07, 6.45) is 8.44. The lowest BCUT2D eigenvalue weighted by Gasteiger charge is -2.39. The van der Waals surface area contributed by atoms with Gasteiger partial charge in [-0.15, -0.1) is 0 Å². The summed E-state index contributed by atoms with van der Waals surface area (Å²) in [5.74, 6) is 1.10. The fourth-order valence-electron chi connectivity index (χ4n) is 4.62. The van der Waals surface area contributed by atoms with E-state index >= 15 is 0 Å². The molecule has 5 rings (SSSR count). The number of halogens is 1. The lowest BCUT2D eigenvalue weighted by atomic mass is 9.77. The van der Waals surface area contributed by atoms with Gasteiger partial charge in [0.25, 0.3) is 0 Å². The maximum Gasteiger partial charge on any atom is 0.202 e. The van der Waals surface area contributed by atoms with Gasteiger partial charge in [0, 0.05) is 24.8 Å². The zero-order valence-corrected chi connectivity index (χ0v) is 16.2. The molecule has 1 unspecified atom stereocenters. The van der Waals surface area contributed by atoms with Gasteiger partial charge in [0.15, 0.2) is 0 Å². The second-order valence-corrected chi connectivity index (χ2v) is 8.32. The molecule has 8 nitrogen and oxygen atoms in total. The fraction of sp³-hybridized carbons (Fsp3) is 0.474. The third kappa shape index (κ3) is 2.87. The van der Waals surface area contributed by atoms with E-state index in [1.165, 1.54) is 0 Å². The Bertz CT molecular complexity index is 1030. The molecule has 3 aromatic rings. The second-order valence-electron chi connectivity index (χ2n) is 7.94. The first-order chi connectivity index (χ1) is 13.5. The van der Waals surface area contributed by atoms with E-state index in [9.17, 15) is 5.11 Å². The average Bonchev–Trinajstić information content (AvgIpc) is 3.28. The standard InChI is InChI=1S/C19H22ClN7O/c20-14-12(2-6-22-17(14)21)15-16-18(26-25-15)24-13(10-23-16)27-7-4-19(5-8-27)3-1-11(28)9-19/h2,6,10-11,28H,1,3-5,7-9H2,(H2,21,22)(H,24,25,26). The normalized spacial score (nSPS) is 21.6. The van der Waals surface area contributed by atoms with E-state index in [1.54, 1.807) is 18.5 Å². The van der Waals surface area contributed by atoms with Gasteiger partial charge in [0.1, 0.15) is 17.2 Å². The van der Waals surface area contributed by atoms with Gasteiger partial charge in [-0.1, -0.05) is 11.6 Å². The number of aromatic amines is 1. The molecule has 1 atom stereocenters. The monoisotopic (exact) mass is 399 g/mol. The van der Waals surface area contributed by atoms with Crippen molar-refractivity contribution in [3.05, 3.63) is 23.5 Å². The Morgan fingerprint density at radius 2 is 2.07 bits per heavy atom. The largest absolute Gasteiger partial charge is 0.393 e. The molecule has 4 heterocycles. The number of aliphatic hydroxyl groups excluding tert-OH is 1. The van der Waals surface area contributed by atoms with Crippen LogP contribution in [0.25, 0.3) is 22.4 Å². The minimum Gasteiger partial charge on any atom is -0.393 e. The number of nitrogens with two attached hydrogens (primary N) is 1. The van der Waals surface area contributed by atoms with E-state index in [0.717, 1.165) is 51.0 Å². The number of fused-ring (bicyclic) bond motifs is 1. The smallest absolute Gasteiger partial charge is 0.202 e. The van der Waals surface area contributed by atoms with Gasteiger partial charge in [-0.2, -0.15) is 5.10 Å². The first-order valence-electron chi connectivity index (χ1n) is 9.59. The molecular formula is C19H22ClN7O. The van der Waals surface area contributed by atoms with Crippen LogP contribution in [0, 0.1) is 5.41 Å². The SMILES string of the molecule is Nc1nccc(-c2[nH]nc3nc(N4CCC5(CCC(O)C5)CC4)cnc23)c1Cl. The molecule has 28 heavy (non-hydrogen) atoms. The van der Waals surface area contributed by atoms with Crippen molar-refractivity contribution in [2.45, 2.75) is 38.2 Å². The molecule has 3 aromatic heterocycles. The average molecular weight is 400 g/mol. The van der Waals surface area contributed by atoms with Crippen molar-refractivity contribution in [1.29, 1.82) is 0 Å². The summed E-state index contributed by atoms with van der Waals surface area (Å²) in [5, 5.41) is 17.6. The molecule has 146 valence electrons. The number of hydrogen-bond acceptors (Lipinski definition) is 7. The highest BCUT2D eigenvalue weighted by molar-refractivity contribution is 6.35. The first-order valence-corrected chi connectivity index (χ1v) is 9.97. The molecule has 1 saturated carbocycles. The van der Waals surface area contributed by atoms with Gasteiger partial charge in [0.2, 0.25) is 5.65 Å². The van der Waals surface area contributed by atoms with Gasteiger partial charge in [-0.05, 0) is 43.6 Å². The Morgan fingerprint density at radius 3 is 2.82 bits per heavy atom. The number of nitrogen functional groups attached to an aromatic ring is 1. The second kappa shape index (κ2) is 6.56. The Balaban J connectivity index is 1.40. The number of rotatable bonds is 2. The maximum absolute atomic E-state index is 9.91. The molecule has 1 aliphatic carbocycles. The molecule has 1 aliphatic heterocycles. The fourth-order valence-corrected chi connectivity index (χ4v) is 4.83. The van der Waals surface area contributed by atoms with Gasteiger partial charge < -0.3 is 15.7 Å². The van der Waals surface area contributed by atoms with Crippen LogP contribution in [0.15, 0.2) is 18.5 Å². The number of pyridine rings is 1. The van der Waals surface area contributed by atoms with Crippen molar-refractivity contribution in [2.24, 2.45) is 5.41 Å². The lowest BCUT2D eigenvalue weighted by molar-refractivity contribution is 0.144. The van der Waals surface area contributed by atoms with Gasteiger partial charge in [-0.3, -0.25) is 5.10 Å². The molecule has 4 N–H and O–H groups in total. The minimum absolute atomic E-state index is 0.126. The van der Waals surface area contributed by atoms with Crippen LogP contribution < -0.4 is 10.6 Å². The predicted octanol–water partition coefficient (Wildman–Crippen LogP) is 2.78. The number of H-pyrrole nitrogens is 1. The van der Waals surface area contributed by atoms with E-state index in [4.69, 9.17) is 22.3 Å². The van der Waals surface area contributed by atoms with Crippen molar-refractivity contribution in [1.82, 2.24) is 25.1 Å². The van der Waals surface area contributed by atoms with Crippen LogP contribution >= 0.6 is 11.6 Å². The molecule has 2 fully saturated rings. The van der Waals surface area contributed by atoms with Crippen molar-refractivity contribution >= 4 is 34.4 Å². The number of aromatic nitrogens is 5. The van der Waals surface area contributed by atoms with Crippen molar-refractivity contribution in [3.63, 3.8) is 0 Å². The molecule has 0 bridgehead atoms. The number of nitrogens with zero attached hydrogens (tertiary/aromatic N) is 5. The molecule has 0 radical (unpaired) electrons. The van der Waals surface area contributed by atoms with Crippen LogP contribution in [-0.4, -0.2) is 49.4 Å². The quantitative estimate of drug-likeness (QED) is 0.606. The Hall–Kier alpha value is -2.45. The summed E-state index contributed by atoms with van der Waals surface area (Å²) in [5.41, 5.74) is 8.73. The Kier molecular flexibility index (Phi) is 4.13. The van der Waals surface area contributed by atoms with E-state index in [2.05, 4.69) is 25.1 Å². The number of anilines is 2. The Morgan fingerprint density at radius 1 is 1.25 bits per heavy atom. The van der Waals surface area contributed by atoms with E-state index in [-0.39, 0.29) is 11.9 Å². The van der Waals surface area contributed by atoms with E-state index < -0.39 is 0 Å². The predicted molar refractivity (Wildman–Crippen MR) is 108 cm³/mol. The molecular weight excluding hydrogens is 378 g/mol. The van der Waals surface area contributed by atoms with Crippen molar-refractivity contribution in [2.75, 3.05) is 23.7 Å². The van der Waals surface area contributed by atoms with Crippen LogP contribution in [-0.2, 0) is 0 Å². The topological polar surface area (TPSA) is 117 Å². The van der Waals surface area contributed by atoms with Crippen LogP contribution in [0.4, 0.5) is 11.6 Å². The highest BCUT2D eigenvalue weighted by Gasteiger charge is 2.41. The summed E-state index contributed by atoms with van der Waals surface area (Å²) < 4.78 is 0. The highest BCUT2D eigenvalue weighted by Crippen LogP contribution is 2.46. The van der Waals surface area contributed by atoms with Crippen LogP contribution in [0.1, 0.15) is 32.1 Å². The number of aliphatic hydroxyl groups is 1. The lowest BCUT2D eigenvalue weighted by Crippen LogP contribution is -2.39. The van der Waals surface area contributed by atoms with Crippen LogP contribution in [0.3, 0.4) is 0 Å². The highest BCUT2D eigenvalue weighted by atomic mass is 35.5. The summed E-state index contributed by atoms with van der Waals surface area (Å²) in [6.45, 7) is 1.85. The van der Waals surface area contributed by atoms with Gasteiger partial charge in [0.05, 0.1) is 23.0 Å². The molecule has 1 spiro atoms. The van der Waals surface area contributed by atoms with Gasteiger partial charge in [-0.25, -0.2) is 15.0 Å². The van der Waals surface area contributed by atoms with Gasteiger partial charge >= 0.3 is 0 Å². The Labute approximate surface area is 167 Å². The molecule has 0 aromatic carbocycles. The number of piperidine rings is 1. The van der Waals surface area contributed by atoms with E-state index in [0.29, 0.717) is 32.9 Å². The maximum atomic E-state index is 9.91. The summed E-state index contributed by atoms with van der Waals surface area (Å²) in [4.78, 5) is 15.6. The van der Waals surface area contributed by atoms with E-state index in [1.807, 2.05) is 0 Å². The number of nitrogens with one attached hydrogen (secondary N) is 1. The molecule has 0 amide bonds. The van der Waals surface area contributed by atoms with Crippen molar-refractivity contribution in [3.8, 4) is 11.3 Å². The third-order valence-electron chi connectivity index (χ3n) is 6.26. The van der Waals surface area contributed by atoms with Crippen LogP contribution in [0.5, 0.6) is 0 Å². The third-order valence-corrected chi connectivity index (χ3v) is 6.66. The zero-order valence-electron chi connectivity index (χ0n) is 15.4. The summed E-state index contributed by atoms with van der Waals surface area (Å²) >= 11 is 6.30. The van der Waals surface area contributed by atoms with Crippen molar-refractivity contribution < 1.29 is 5.11 Å².